The van der Waals surface area contributed by atoms with E-state index in [2.05, 4.69) is 0 Å². The second-order valence-corrected chi connectivity index (χ2v) is 3.95. The van der Waals surface area contributed by atoms with E-state index in [0.29, 0.717) is 0 Å². The van der Waals surface area contributed by atoms with E-state index in [1.807, 2.05) is 0 Å². The fraction of sp³-hybridized carbons (Fsp3) is 0.636. The lowest BCUT2D eigenvalue weighted by Crippen LogP contribution is -2.40. The highest BCUT2D eigenvalue weighted by atomic mass is 16.2. The number of carbonyl (C=O) groups excluding carboxylic acids is 4. The van der Waals surface area contributed by atoms with Gasteiger partial charge in [0.15, 0.2) is 0 Å². The summed E-state index contributed by atoms with van der Waals surface area (Å²) in [6.07, 6.45) is -0.367. The van der Waals surface area contributed by atoms with Crippen LogP contribution in [-0.2, 0) is 19.2 Å². The van der Waals surface area contributed by atoms with E-state index in [4.69, 9.17) is 0 Å². The molecule has 0 aliphatic rings. The normalized spacial score (nSPS) is 10.9. The van der Waals surface area contributed by atoms with E-state index in [1.165, 1.54) is 27.7 Å². The number of hydrogen-bond donors (Lipinski definition) is 0. The van der Waals surface area contributed by atoms with Gasteiger partial charge in [-0.1, -0.05) is 0 Å². The van der Waals surface area contributed by atoms with Crippen molar-refractivity contribution in [2.24, 2.45) is 5.41 Å². The predicted octanol–water partition coefficient (Wildman–Crippen LogP) is 1.11. The fourth-order valence-corrected chi connectivity index (χ4v) is 1.66. The highest BCUT2D eigenvalue weighted by molar-refractivity contribution is 6.10. The van der Waals surface area contributed by atoms with Crippen LogP contribution in [0.5, 0.6) is 0 Å². The Labute approximate surface area is 89.0 Å². The van der Waals surface area contributed by atoms with Gasteiger partial charge in [-0.15, -0.1) is 0 Å². The van der Waals surface area contributed by atoms with Crippen molar-refractivity contribution in [1.29, 1.82) is 0 Å². The summed E-state index contributed by atoms with van der Waals surface area (Å²) < 4.78 is 0. The van der Waals surface area contributed by atoms with Crippen molar-refractivity contribution in [1.82, 2.24) is 0 Å². The molecule has 4 nitrogen and oxygen atoms in total. The maximum atomic E-state index is 11.5. The Kier molecular flexibility index (Phi) is 4.52. The molecule has 0 atom stereocenters. The lowest BCUT2D eigenvalue weighted by Gasteiger charge is -2.26. The highest BCUT2D eigenvalue weighted by Crippen LogP contribution is 2.30. The number of hydrogen-bond acceptors (Lipinski definition) is 4. The Morgan fingerprint density at radius 1 is 0.733 bits per heavy atom. The van der Waals surface area contributed by atoms with Crippen molar-refractivity contribution in [3.8, 4) is 0 Å². The lowest BCUT2D eigenvalue weighted by atomic mass is 9.72. The molecule has 0 aliphatic carbocycles. The molecule has 0 aromatic carbocycles. The molecule has 0 amide bonds. The average Bonchev–Trinajstić information content (AvgIpc) is 1.99. The third-order valence-electron chi connectivity index (χ3n) is 2.45. The zero-order chi connectivity index (χ0) is 12.2. The van der Waals surface area contributed by atoms with Crippen LogP contribution in [0.25, 0.3) is 0 Å². The summed E-state index contributed by atoms with van der Waals surface area (Å²) in [7, 11) is 0. The van der Waals surface area contributed by atoms with Crippen molar-refractivity contribution in [3.63, 3.8) is 0 Å². The molecule has 0 saturated heterocycles. The molecule has 0 N–H and O–H groups in total. The van der Waals surface area contributed by atoms with Gasteiger partial charge < -0.3 is 0 Å². The first kappa shape index (κ1) is 13.7. The van der Waals surface area contributed by atoms with Crippen LogP contribution in [0.1, 0.15) is 40.5 Å². The third kappa shape index (κ3) is 3.38. The second-order valence-electron chi connectivity index (χ2n) is 3.95. The zero-order valence-corrected chi connectivity index (χ0v) is 9.55. The van der Waals surface area contributed by atoms with Crippen LogP contribution in [0.2, 0.25) is 0 Å². The molecule has 0 unspecified atom stereocenters. The van der Waals surface area contributed by atoms with Gasteiger partial charge in [-0.25, -0.2) is 0 Å². The number of ketones is 4. The van der Waals surface area contributed by atoms with Crippen LogP contribution in [0.15, 0.2) is 0 Å². The maximum absolute atomic E-state index is 11.5. The van der Waals surface area contributed by atoms with Gasteiger partial charge in [0.25, 0.3) is 0 Å². The van der Waals surface area contributed by atoms with Gasteiger partial charge >= 0.3 is 0 Å². The minimum atomic E-state index is -1.43. The molecule has 0 aromatic rings. The highest BCUT2D eigenvalue weighted by Gasteiger charge is 2.42. The van der Waals surface area contributed by atoms with Gasteiger partial charge in [-0.3, -0.25) is 19.2 Å². The van der Waals surface area contributed by atoms with E-state index < -0.39 is 17.0 Å². The number of rotatable bonds is 6. The standard InChI is InChI=1S/C11H16O4/c1-7(12)5-11(9(3)14,10(4)15)6-8(2)13/h5-6H2,1-4H3. The topological polar surface area (TPSA) is 68.3 Å². The van der Waals surface area contributed by atoms with Crippen molar-refractivity contribution in [2.75, 3.05) is 0 Å². The summed E-state index contributed by atoms with van der Waals surface area (Å²) in [6.45, 7) is 5.10. The number of carbonyl (C=O) groups is 4. The molecule has 0 heterocycles. The first-order chi connectivity index (χ1) is 6.72. The molecule has 0 bridgehead atoms. The Bertz CT molecular complexity index is 283. The summed E-state index contributed by atoms with van der Waals surface area (Å²) in [5.74, 6) is -1.36. The molecule has 4 heteroatoms. The SMILES string of the molecule is CC(=O)CC(CC(C)=O)(C(C)=O)C(C)=O. The monoisotopic (exact) mass is 212 g/mol. The average molecular weight is 212 g/mol. The molecular formula is C11H16O4. The molecule has 0 aromatic heterocycles. The van der Waals surface area contributed by atoms with Crippen molar-refractivity contribution in [2.45, 2.75) is 40.5 Å². The molecule has 15 heavy (non-hydrogen) atoms. The first-order valence-electron chi connectivity index (χ1n) is 4.73. The van der Waals surface area contributed by atoms with Crippen LogP contribution in [-0.4, -0.2) is 23.1 Å². The second kappa shape index (κ2) is 4.96. The molecule has 0 rings (SSSR count). The Hall–Kier alpha value is -1.32. The Morgan fingerprint density at radius 2 is 1.00 bits per heavy atom. The van der Waals surface area contributed by atoms with E-state index in [1.54, 1.807) is 0 Å². The van der Waals surface area contributed by atoms with Crippen LogP contribution in [0.4, 0.5) is 0 Å². The van der Waals surface area contributed by atoms with E-state index >= 15 is 0 Å². The summed E-state index contributed by atoms with van der Waals surface area (Å²) in [5.41, 5.74) is -1.43. The quantitative estimate of drug-likeness (QED) is 0.618. The largest absolute Gasteiger partial charge is 0.300 e. The first-order valence-corrected chi connectivity index (χ1v) is 4.73. The molecule has 84 valence electrons. The Morgan fingerprint density at radius 3 is 1.13 bits per heavy atom. The molecule has 0 radical (unpaired) electrons. The summed E-state index contributed by atoms with van der Waals surface area (Å²) >= 11 is 0. The Balaban J connectivity index is 5.26. The minimum Gasteiger partial charge on any atom is -0.300 e. The van der Waals surface area contributed by atoms with Crippen LogP contribution < -0.4 is 0 Å². The van der Waals surface area contributed by atoms with Crippen molar-refractivity contribution >= 4 is 23.1 Å². The minimum absolute atomic E-state index is 0.183. The zero-order valence-electron chi connectivity index (χ0n) is 9.55. The van der Waals surface area contributed by atoms with Gasteiger partial charge in [0.1, 0.15) is 28.5 Å². The van der Waals surface area contributed by atoms with Crippen molar-refractivity contribution in [3.05, 3.63) is 0 Å². The maximum Gasteiger partial charge on any atom is 0.144 e. The van der Waals surface area contributed by atoms with Gasteiger partial charge in [-0.2, -0.15) is 0 Å². The van der Waals surface area contributed by atoms with E-state index in [-0.39, 0.29) is 24.4 Å². The van der Waals surface area contributed by atoms with Crippen LogP contribution in [0.3, 0.4) is 0 Å². The summed E-state index contributed by atoms with van der Waals surface area (Å²) in [4.78, 5) is 45.0. The van der Waals surface area contributed by atoms with Gasteiger partial charge in [0.05, 0.1) is 0 Å². The van der Waals surface area contributed by atoms with E-state index in [9.17, 15) is 19.2 Å². The molecular weight excluding hydrogens is 196 g/mol. The number of Topliss-reactive ketones (excluding diaryl/α,β-unsaturated/α-hetero) is 4. The van der Waals surface area contributed by atoms with Gasteiger partial charge in [-0.05, 0) is 27.7 Å². The third-order valence-corrected chi connectivity index (χ3v) is 2.45. The lowest BCUT2D eigenvalue weighted by molar-refractivity contribution is -0.145. The van der Waals surface area contributed by atoms with Crippen LogP contribution >= 0.6 is 0 Å². The van der Waals surface area contributed by atoms with Gasteiger partial charge in [0.2, 0.25) is 0 Å². The fourth-order valence-electron chi connectivity index (χ4n) is 1.66. The summed E-state index contributed by atoms with van der Waals surface area (Å²) in [6, 6.07) is 0. The van der Waals surface area contributed by atoms with Crippen molar-refractivity contribution < 1.29 is 19.2 Å². The summed E-state index contributed by atoms with van der Waals surface area (Å²) in [5, 5.41) is 0. The van der Waals surface area contributed by atoms with Gasteiger partial charge in [0, 0.05) is 12.8 Å². The molecule has 0 aliphatic heterocycles. The molecule has 0 saturated carbocycles. The smallest absolute Gasteiger partial charge is 0.144 e. The molecule has 0 spiro atoms. The van der Waals surface area contributed by atoms with Crippen LogP contribution in [0, 0.1) is 5.41 Å². The predicted molar refractivity (Wildman–Crippen MR) is 54.4 cm³/mol. The van der Waals surface area contributed by atoms with E-state index in [0.717, 1.165) is 0 Å². The molecule has 0 fully saturated rings.